The number of carbonyl (C=O) groups is 2. The van der Waals surface area contributed by atoms with E-state index in [1.165, 1.54) is 24.3 Å². The summed E-state index contributed by atoms with van der Waals surface area (Å²) in [5, 5.41) is 5.11. The topological polar surface area (TPSA) is 87.2 Å². The normalized spacial score (nSPS) is 14.7. The highest BCUT2D eigenvalue weighted by Gasteiger charge is 2.22. The molecule has 2 heterocycles. The lowest BCUT2D eigenvalue weighted by Gasteiger charge is -2.32. The van der Waals surface area contributed by atoms with Crippen molar-refractivity contribution < 1.29 is 14.0 Å². The molecule has 0 saturated carbocycles. The molecule has 1 saturated heterocycles. The molecule has 1 aliphatic rings. The first-order valence-corrected chi connectivity index (χ1v) is 8.47. The minimum atomic E-state index is -0.756. The largest absolute Gasteiger partial charge is 0.355 e. The van der Waals surface area contributed by atoms with Crippen LogP contribution in [0.1, 0.15) is 12.8 Å². The van der Waals surface area contributed by atoms with Crippen molar-refractivity contribution in [2.75, 3.05) is 29.9 Å². The van der Waals surface area contributed by atoms with Gasteiger partial charge in [-0.3, -0.25) is 14.6 Å². The average Bonchev–Trinajstić information content (AvgIpc) is 2.69. The van der Waals surface area contributed by atoms with Crippen molar-refractivity contribution in [2.24, 2.45) is 5.92 Å². The molecule has 2 amide bonds. The number of nitrogens with one attached hydrogen (secondary N) is 2. The van der Waals surface area contributed by atoms with E-state index in [1.54, 1.807) is 18.6 Å². The molecule has 26 heavy (non-hydrogen) atoms. The SMILES string of the molecule is O=C(NCC1CCN(c2cnccn2)CC1)C(=O)Nc1ccc(F)cc1. The minimum absolute atomic E-state index is 0.311. The van der Waals surface area contributed by atoms with Gasteiger partial charge in [0, 0.05) is 37.7 Å². The number of hydrogen-bond donors (Lipinski definition) is 2. The number of nitrogens with zero attached hydrogens (tertiary/aromatic N) is 3. The number of anilines is 2. The van der Waals surface area contributed by atoms with Crippen LogP contribution in [0, 0.1) is 11.7 Å². The zero-order valence-corrected chi connectivity index (χ0v) is 14.2. The van der Waals surface area contributed by atoms with Crippen molar-refractivity contribution in [3.8, 4) is 0 Å². The second-order valence-electron chi connectivity index (χ2n) is 6.17. The number of piperidine rings is 1. The fraction of sp³-hybridized carbons (Fsp3) is 0.333. The molecule has 8 heteroatoms. The predicted molar refractivity (Wildman–Crippen MR) is 95.0 cm³/mol. The maximum atomic E-state index is 12.8. The Kier molecular flexibility index (Phi) is 5.73. The van der Waals surface area contributed by atoms with E-state index in [-0.39, 0.29) is 0 Å². The third kappa shape index (κ3) is 4.75. The fourth-order valence-electron chi connectivity index (χ4n) is 2.86. The summed E-state index contributed by atoms with van der Waals surface area (Å²) in [5.41, 5.74) is 0.379. The molecule has 0 bridgehead atoms. The van der Waals surface area contributed by atoms with Gasteiger partial charge in [-0.15, -0.1) is 0 Å². The van der Waals surface area contributed by atoms with Gasteiger partial charge in [0.2, 0.25) is 0 Å². The van der Waals surface area contributed by atoms with Crippen molar-refractivity contribution in [1.82, 2.24) is 15.3 Å². The van der Waals surface area contributed by atoms with Crippen LogP contribution in [0.4, 0.5) is 15.9 Å². The zero-order valence-electron chi connectivity index (χ0n) is 14.2. The van der Waals surface area contributed by atoms with Crippen LogP contribution in [0.5, 0.6) is 0 Å². The molecular weight excluding hydrogens is 337 g/mol. The summed E-state index contributed by atoms with van der Waals surface area (Å²) in [6, 6.07) is 5.25. The molecule has 2 aromatic rings. The number of aromatic nitrogens is 2. The number of hydrogen-bond acceptors (Lipinski definition) is 5. The van der Waals surface area contributed by atoms with Gasteiger partial charge in [0.25, 0.3) is 0 Å². The first-order chi connectivity index (χ1) is 12.6. The molecule has 0 radical (unpaired) electrons. The molecule has 0 spiro atoms. The summed E-state index contributed by atoms with van der Waals surface area (Å²) >= 11 is 0. The quantitative estimate of drug-likeness (QED) is 0.812. The van der Waals surface area contributed by atoms with Crippen LogP contribution in [0.25, 0.3) is 0 Å². The van der Waals surface area contributed by atoms with E-state index in [2.05, 4.69) is 25.5 Å². The van der Waals surface area contributed by atoms with E-state index >= 15 is 0 Å². The highest BCUT2D eigenvalue weighted by molar-refractivity contribution is 6.39. The minimum Gasteiger partial charge on any atom is -0.355 e. The predicted octanol–water partition coefficient (Wildman–Crippen LogP) is 1.59. The van der Waals surface area contributed by atoms with Crippen LogP contribution < -0.4 is 15.5 Å². The Hall–Kier alpha value is -3.03. The summed E-state index contributed by atoms with van der Waals surface area (Å²) in [6.45, 7) is 2.12. The van der Waals surface area contributed by atoms with Crippen LogP contribution in [-0.4, -0.2) is 41.4 Å². The van der Waals surface area contributed by atoms with Gasteiger partial charge in [-0.1, -0.05) is 0 Å². The van der Waals surface area contributed by atoms with E-state index in [9.17, 15) is 14.0 Å². The van der Waals surface area contributed by atoms with Crippen molar-refractivity contribution in [3.05, 3.63) is 48.7 Å². The van der Waals surface area contributed by atoms with Gasteiger partial charge >= 0.3 is 11.8 Å². The molecule has 1 aromatic carbocycles. The number of carbonyl (C=O) groups excluding carboxylic acids is 2. The Morgan fingerprint density at radius 2 is 1.85 bits per heavy atom. The lowest BCUT2D eigenvalue weighted by Crippen LogP contribution is -2.42. The summed E-state index contributed by atoms with van der Waals surface area (Å²) in [6.07, 6.45) is 6.85. The molecular formula is C18H20FN5O2. The van der Waals surface area contributed by atoms with E-state index < -0.39 is 17.6 Å². The zero-order chi connectivity index (χ0) is 18.4. The number of benzene rings is 1. The molecule has 0 unspecified atom stereocenters. The molecule has 3 rings (SSSR count). The Labute approximate surface area is 150 Å². The summed E-state index contributed by atoms with van der Waals surface area (Å²) in [7, 11) is 0. The average molecular weight is 357 g/mol. The summed E-state index contributed by atoms with van der Waals surface area (Å²) in [5.74, 6) is -0.682. The van der Waals surface area contributed by atoms with Crippen molar-refractivity contribution >= 4 is 23.3 Å². The highest BCUT2D eigenvalue weighted by atomic mass is 19.1. The lowest BCUT2D eigenvalue weighted by molar-refractivity contribution is -0.136. The fourth-order valence-corrected chi connectivity index (χ4v) is 2.86. The van der Waals surface area contributed by atoms with E-state index in [0.29, 0.717) is 18.2 Å². The van der Waals surface area contributed by atoms with Crippen LogP contribution in [0.3, 0.4) is 0 Å². The second-order valence-corrected chi connectivity index (χ2v) is 6.17. The standard InChI is InChI=1S/C18H20FN5O2/c19-14-1-3-15(4-2-14)23-18(26)17(25)22-11-13-5-9-24(10-6-13)16-12-20-7-8-21-16/h1-4,7-8,12-13H,5-6,9-11H2,(H,22,25)(H,23,26). The van der Waals surface area contributed by atoms with Crippen LogP contribution >= 0.6 is 0 Å². The monoisotopic (exact) mass is 357 g/mol. The molecule has 7 nitrogen and oxygen atoms in total. The Bertz CT molecular complexity index is 746. The van der Waals surface area contributed by atoms with Gasteiger partial charge in [-0.2, -0.15) is 0 Å². The van der Waals surface area contributed by atoms with Gasteiger partial charge in [0.15, 0.2) is 0 Å². The van der Waals surface area contributed by atoms with E-state index in [0.717, 1.165) is 31.7 Å². The van der Waals surface area contributed by atoms with Gasteiger partial charge in [-0.05, 0) is 43.0 Å². The molecule has 0 aliphatic carbocycles. The summed E-state index contributed by atoms with van der Waals surface area (Å²) in [4.78, 5) is 34.3. The molecule has 1 aliphatic heterocycles. The maximum absolute atomic E-state index is 12.8. The second kappa shape index (κ2) is 8.37. The van der Waals surface area contributed by atoms with Gasteiger partial charge < -0.3 is 15.5 Å². The van der Waals surface area contributed by atoms with E-state index in [1.807, 2.05) is 0 Å². The molecule has 136 valence electrons. The maximum Gasteiger partial charge on any atom is 0.313 e. The Morgan fingerprint density at radius 3 is 2.50 bits per heavy atom. The van der Waals surface area contributed by atoms with E-state index in [4.69, 9.17) is 0 Å². The molecule has 1 fully saturated rings. The smallest absolute Gasteiger partial charge is 0.313 e. The molecule has 2 N–H and O–H groups in total. The first kappa shape index (κ1) is 17.8. The number of amides is 2. The Balaban J connectivity index is 1.41. The first-order valence-electron chi connectivity index (χ1n) is 8.47. The summed E-state index contributed by atoms with van der Waals surface area (Å²) < 4.78 is 12.8. The van der Waals surface area contributed by atoms with Crippen molar-refractivity contribution in [1.29, 1.82) is 0 Å². The van der Waals surface area contributed by atoms with Crippen LogP contribution in [0.2, 0.25) is 0 Å². The van der Waals surface area contributed by atoms with Crippen LogP contribution in [0.15, 0.2) is 42.9 Å². The third-order valence-corrected chi connectivity index (χ3v) is 4.35. The third-order valence-electron chi connectivity index (χ3n) is 4.35. The number of rotatable bonds is 4. The Morgan fingerprint density at radius 1 is 1.12 bits per heavy atom. The van der Waals surface area contributed by atoms with Gasteiger partial charge in [0.1, 0.15) is 11.6 Å². The van der Waals surface area contributed by atoms with Crippen molar-refractivity contribution in [3.63, 3.8) is 0 Å². The van der Waals surface area contributed by atoms with Gasteiger partial charge in [0.05, 0.1) is 6.20 Å². The lowest BCUT2D eigenvalue weighted by atomic mass is 9.97. The molecule has 0 atom stereocenters. The van der Waals surface area contributed by atoms with Gasteiger partial charge in [-0.25, -0.2) is 9.37 Å². The van der Waals surface area contributed by atoms with Crippen molar-refractivity contribution in [2.45, 2.75) is 12.8 Å². The molecule has 1 aromatic heterocycles. The highest BCUT2D eigenvalue weighted by Crippen LogP contribution is 2.20. The van der Waals surface area contributed by atoms with Crippen LogP contribution in [-0.2, 0) is 9.59 Å². The number of halogens is 1.